The predicted octanol–water partition coefficient (Wildman–Crippen LogP) is 3.62. The van der Waals surface area contributed by atoms with Crippen molar-refractivity contribution < 1.29 is 9.47 Å². The molecular weight excluding hydrogens is 306 g/mol. The number of halogens is 1. The Labute approximate surface area is 124 Å². The average Bonchev–Trinajstić information content (AvgIpc) is 2.43. The standard InChI is InChI=1S/C15H24BrNO2/c1-2-3-11-18-12-4-9-17-10-13-19-15-7-5-14(16)6-8-15/h5-8,17H,2-4,9-13H2,1H3. The Balaban J connectivity index is 1.87. The number of benzene rings is 1. The Morgan fingerprint density at radius 2 is 1.74 bits per heavy atom. The second-order valence-corrected chi connectivity index (χ2v) is 5.29. The fourth-order valence-electron chi connectivity index (χ4n) is 1.54. The van der Waals surface area contributed by atoms with Gasteiger partial charge in [0, 0.05) is 24.2 Å². The summed E-state index contributed by atoms with van der Waals surface area (Å²) in [7, 11) is 0. The zero-order chi connectivity index (χ0) is 13.8. The molecule has 0 spiro atoms. The minimum atomic E-state index is 0.693. The summed E-state index contributed by atoms with van der Waals surface area (Å²) in [6, 6.07) is 7.89. The van der Waals surface area contributed by atoms with Crippen molar-refractivity contribution >= 4 is 15.9 Å². The van der Waals surface area contributed by atoms with Gasteiger partial charge in [-0.2, -0.15) is 0 Å². The molecule has 108 valence electrons. The van der Waals surface area contributed by atoms with E-state index in [1.807, 2.05) is 24.3 Å². The van der Waals surface area contributed by atoms with Crippen LogP contribution < -0.4 is 10.1 Å². The van der Waals surface area contributed by atoms with Crippen LogP contribution in [0.1, 0.15) is 26.2 Å². The molecule has 1 aromatic carbocycles. The topological polar surface area (TPSA) is 30.5 Å². The maximum absolute atomic E-state index is 5.61. The van der Waals surface area contributed by atoms with Crippen molar-refractivity contribution in [3.8, 4) is 5.75 Å². The van der Waals surface area contributed by atoms with Crippen LogP contribution >= 0.6 is 15.9 Å². The zero-order valence-corrected chi connectivity index (χ0v) is 13.2. The SMILES string of the molecule is CCCCOCCCNCCOc1ccc(Br)cc1. The van der Waals surface area contributed by atoms with Crippen LogP contribution in [0.3, 0.4) is 0 Å². The molecule has 0 fully saturated rings. The van der Waals surface area contributed by atoms with Gasteiger partial charge in [0.1, 0.15) is 12.4 Å². The summed E-state index contributed by atoms with van der Waals surface area (Å²) >= 11 is 3.40. The highest BCUT2D eigenvalue weighted by Gasteiger charge is 1.94. The highest BCUT2D eigenvalue weighted by atomic mass is 79.9. The van der Waals surface area contributed by atoms with Gasteiger partial charge in [-0.1, -0.05) is 29.3 Å². The summed E-state index contributed by atoms with van der Waals surface area (Å²) in [4.78, 5) is 0. The van der Waals surface area contributed by atoms with Crippen molar-refractivity contribution in [3.63, 3.8) is 0 Å². The van der Waals surface area contributed by atoms with Crippen molar-refractivity contribution in [2.24, 2.45) is 0 Å². The molecule has 1 N–H and O–H groups in total. The van der Waals surface area contributed by atoms with Gasteiger partial charge in [0.2, 0.25) is 0 Å². The summed E-state index contributed by atoms with van der Waals surface area (Å²) in [6.07, 6.45) is 3.42. The van der Waals surface area contributed by atoms with E-state index in [0.717, 1.165) is 49.4 Å². The fourth-order valence-corrected chi connectivity index (χ4v) is 1.81. The lowest BCUT2D eigenvalue weighted by Gasteiger charge is -2.08. The lowest BCUT2D eigenvalue weighted by atomic mass is 10.3. The highest BCUT2D eigenvalue weighted by molar-refractivity contribution is 9.10. The van der Waals surface area contributed by atoms with E-state index >= 15 is 0 Å². The van der Waals surface area contributed by atoms with Crippen LogP contribution in [0.2, 0.25) is 0 Å². The number of nitrogens with one attached hydrogen (secondary N) is 1. The normalized spacial score (nSPS) is 10.6. The van der Waals surface area contributed by atoms with Crippen molar-refractivity contribution in [3.05, 3.63) is 28.7 Å². The van der Waals surface area contributed by atoms with Gasteiger partial charge in [0.25, 0.3) is 0 Å². The molecule has 0 heterocycles. The minimum Gasteiger partial charge on any atom is -0.492 e. The van der Waals surface area contributed by atoms with Gasteiger partial charge < -0.3 is 14.8 Å². The molecule has 0 atom stereocenters. The molecule has 3 nitrogen and oxygen atoms in total. The maximum atomic E-state index is 5.61. The van der Waals surface area contributed by atoms with Crippen molar-refractivity contribution in [1.82, 2.24) is 5.32 Å². The second-order valence-electron chi connectivity index (χ2n) is 4.37. The van der Waals surface area contributed by atoms with E-state index in [9.17, 15) is 0 Å². The van der Waals surface area contributed by atoms with Gasteiger partial charge in [0.05, 0.1) is 0 Å². The molecule has 0 aliphatic carbocycles. The first-order valence-corrected chi connectivity index (χ1v) is 7.79. The maximum Gasteiger partial charge on any atom is 0.119 e. The van der Waals surface area contributed by atoms with Gasteiger partial charge in [-0.05, 0) is 43.7 Å². The summed E-state index contributed by atoms with van der Waals surface area (Å²) in [5.41, 5.74) is 0. The zero-order valence-electron chi connectivity index (χ0n) is 11.7. The van der Waals surface area contributed by atoms with E-state index in [-0.39, 0.29) is 0 Å². The van der Waals surface area contributed by atoms with Crippen LogP contribution in [0.25, 0.3) is 0 Å². The van der Waals surface area contributed by atoms with E-state index in [2.05, 4.69) is 28.2 Å². The van der Waals surface area contributed by atoms with Gasteiger partial charge in [0.15, 0.2) is 0 Å². The molecule has 0 aromatic heterocycles. The largest absolute Gasteiger partial charge is 0.492 e. The van der Waals surface area contributed by atoms with Crippen LogP contribution in [0.4, 0.5) is 0 Å². The van der Waals surface area contributed by atoms with E-state index in [0.29, 0.717) is 6.61 Å². The van der Waals surface area contributed by atoms with Crippen LogP contribution in [-0.2, 0) is 4.74 Å². The van der Waals surface area contributed by atoms with E-state index < -0.39 is 0 Å². The molecular formula is C15H24BrNO2. The van der Waals surface area contributed by atoms with Crippen molar-refractivity contribution in [2.45, 2.75) is 26.2 Å². The number of hydrogen-bond donors (Lipinski definition) is 1. The molecule has 0 saturated heterocycles. The molecule has 1 rings (SSSR count). The van der Waals surface area contributed by atoms with E-state index in [1.54, 1.807) is 0 Å². The van der Waals surface area contributed by atoms with Crippen LogP contribution in [0.5, 0.6) is 5.75 Å². The first-order valence-electron chi connectivity index (χ1n) is 6.99. The fraction of sp³-hybridized carbons (Fsp3) is 0.600. The monoisotopic (exact) mass is 329 g/mol. The highest BCUT2D eigenvalue weighted by Crippen LogP contribution is 2.15. The molecule has 0 aliphatic heterocycles. The van der Waals surface area contributed by atoms with Crippen LogP contribution in [0.15, 0.2) is 28.7 Å². The Bertz CT molecular complexity index is 316. The third-order valence-corrected chi connectivity index (χ3v) is 3.17. The third-order valence-electron chi connectivity index (χ3n) is 2.65. The smallest absolute Gasteiger partial charge is 0.119 e. The molecule has 0 bridgehead atoms. The van der Waals surface area contributed by atoms with Crippen LogP contribution in [0, 0.1) is 0 Å². The molecule has 19 heavy (non-hydrogen) atoms. The van der Waals surface area contributed by atoms with Crippen LogP contribution in [-0.4, -0.2) is 32.9 Å². The van der Waals surface area contributed by atoms with E-state index in [4.69, 9.17) is 9.47 Å². The molecule has 0 amide bonds. The predicted molar refractivity (Wildman–Crippen MR) is 82.9 cm³/mol. The van der Waals surface area contributed by atoms with Gasteiger partial charge in [-0.3, -0.25) is 0 Å². The number of rotatable bonds is 11. The minimum absolute atomic E-state index is 0.693. The summed E-state index contributed by atoms with van der Waals surface area (Å²) < 4.78 is 12.2. The lowest BCUT2D eigenvalue weighted by Crippen LogP contribution is -2.23. The van der Waals surface area contributed by atoms with Crippen molar-refractivity contribution in [1.29, 1.82) is 0 Å². The lowest BCUT2D eigenvalue weighted by molar-refractivity contribution is 0.128. The summed E-state index contributed by atoms with van der Waals surface area (Å²) in [5.74, 6) is 0.910. The molecule has 0 aliphatic rings. The second kappa shape index (κ2) is 11.3. The molecule has 0 unspecified atom stereocenters. The Hall–Kier alpha value is -0.580. The first-order chi connectivity index (χ1) is 9.33. The molecule has 1 aromatic rings. The van der Waals surface area contributed by atoms with Gasteiger partial charge in [-0.15, -0.1) is 0 Å². The number of ether oxygens (including phenoxy) is 2. The average molecular weight is 330 g/mol. The van der Waals surface area contributed by atoms with Gasteiger partial charge >= 0.3 is 0 Å². The van der Waals surface area contributed by atoms with E-state index in [1.165, 1.54) is 6.42 Å². The molecule has 0 saturated carbocycles. The Morgan fingerprint density at radius 3 is 2.47 bits per heavy atom. The summed E-state index contributed by atoms with van der Waals surface area (Å²) in [6.45, 7) is 6.46. The molecule has 4 heteroatoms. The number of hydrogen-bond acceptors (Lipinski definition) is 3. The Morgan fingerprint density at radius 1 is 1.00 bits per heavy atom. The summed E-state index contributed by atoms with van der Waals surface area (Å²) in [5, 5.41) is 3.34. The van der Waals surface area contributed by atoms with Crippen molar-refractivity contribution in [2.75, 3.05) is 32.9 Å². The Kier molecular flexibility index (Phi) is 9.77. The molecule has 0 radical (unpaired) electrons. The van der Waals surface area contributed by atoms with Gasteiger partial charge in [-0.25, -0.2) is 0 Å². The quantitative estimate of drug-likeness (QED) is 0.629. The number of unbranched alkanes of at least 4 members (excludes halogenated alkanes) is 1. The third kappa shape index (κ3) is 9.03. The first kappa shape index (κ1) is 16.5.